The van der Waals surface area contributed by atoms with Gasteiger partial charge in [0.15, 0.2) is 0 Å². The molecule has 2 rings (SSSR count). The summed E-state index contributed by atoms with van der Waals surface area (Å²) in [4.78, 5) is 2.16. The van der Waals surface area contributed by atoms with Crippen LogP contribution in [-0.2, 0) is 11.9 Å². The van der Waals surface area contributed by atoms with Gasteiger partial charge in [-0.3, -0.25) is 0 Å². The van der Waals surface area contributed by atoms with Crippen LogP contribution in [0, 0.1) is 0 Å². The summed E-state index contributed by atoms with van der Waals surface area (Å²) >= 11 is 15.9. The molecule has 0 spiro atoms. The van der Waals surface area contributed by atoms with Gasteiger partial charge in [0, 0.05) is 40.2 Å². The van der Waals surface area contributed by atoms with Crippen molar-refractivity contribution >= 4 is 44.8 Å². The van der Waals surface area contributed by atoms with Gasteiger partial charge in [-0.15, -0.1) is 0 Å². The van der Waals surface area contributed by atoms with E-state index in [0.29, 0.717) is 0 Å². The van der Waals surface area contributed by atoms with Crippen LogP contribution in [0.4, 0.5) is 5.69 Å². The third kappa shape index (κ3) is 3.44. The molecule has 0 unspecified atom stereocenters. The maximum absolute atomic E-state index is 6.23. The number of anilines is 1. The van der Waals surface area contributed by atoms with Crippen LogP contribution in [0.1, 0.15) is 11.1 Å². The Kier molecular flexibility index (Phi) is 5.14. The molecule has 0 aromatic heterocycles. The molecule has 0 aliphatic heterocycles. The van der Waals surface area contributed by atoms with Gasteiger partial charge in [-0.25, -0.2) is 0 Å². The fourth-order valence-electron chi connectivity index (χ4n) is 2.00. The Morgan fingerprint density at radius 3 is 2.37 bits per heavy atom. The smallest absolute Gasteiger partial charge is 0.0467 e. The second-order valence-corrected chi connectivity index (χ2v) is 5.69. The van der Waals surface area contributed by atoms with Crippen LogP contribution in [0.2, 0.25) is 10.0 Å². The molecule has 2 aromatic carbocycles. The van der Waals surface area contributed by atoms with Crippen LogP contribution in [0.25, 0.3) is 0 Å². The Bertz CT molecular complexity index is 572. The second kappa shape index (κ2) is 6.65. The van der Waals surface area contributed by atoms with Crippen molar-refractivity contribution in [1.82, 2.24) is 0 Å². The molecule has 19 heavy (non-hydrogen) atoms. The van der Waals surface area contributed by atoms with Crippen molar-refractivity contribution in [3.8, 4) is 0 Å². The Morgan fingerprint density at radius 1 is 1.00 bits per heavy atom. The average molecular weight is 359 g/mol. The fourth-order valence-corrected chi connectivity index (χ4v) is 3.19. The lowest BCUT2D eigenvalue weighted by Crippen LogP contribution is -2.18. The highest BCUT2D eigenvalue weighted by atomic mass is 79.9. The van der Waals surface area contributed by atoms with Crippen molar-refractivity contribution in [2.75, 3.05) is 11.9 Å². The number of hydrogen-bond acceptors (Lipinski definition) is 1. The van der Waals surface area contributed by atoms with Gasteiger partial charge < -0.3 is 4.90 Å². The third-order valence-electron chi connectivity index (χ3n) is 3.00. The quantitative estimate of drug-likeness (QED) is 0.650. The zero-order valence-corrected chi connectivity index (χ0v) is 13.6. The predicted molar refractivity (Wildman–Crippen MR) is 87.6 cm³/mol. The molecule has 0 aliphatic carbocycles. The zero-order chi connectivity index (χ0) is 13.8. The predicted octanol–water partition coefficient (Wildman–Crippen LogP) is 5.52. The van der Waals surface area contributed by atoms with Gasteiger partial charge in [0.25, 0.3) is 0 Å². The summed E-state index contributed by atoms with van der Waals surface area (Å²) in [6.45, 7) is 0.750. The summed E-state index contributed by atoms with van der Waals surface area (Å²) in [6.07, 6.45) is 0. The maximum Gasteiger partial charge on any atom is 0.0467 e. The molecule has 1 nitrogen and oxygen atoms in total. The lowest BCUT2D eigenvalue weighted by molar-refractivity contribution is 0.917. The minimum atomic E-state index is 0.731. The first kappa shape index (κ1) is 14.7. The van der Waals surface area contributed by atoms with E-state index in [1.54, 1.807) is 0 Å². The highest BCUT2D eigenvalue weighted by molar-refractivity contribution is 9.08. The van der Waals surface area contributed by atoms with E-state index in [2.05, 4.69) is 26.9 Å². The first-order valence-electron chi connectivity index (χ1n) is 5.91. The molecule has 0 fully saturated rings. The van der Waals surface area contributed by atoms with Crippen molar-refractivity contribution in [3.63, 3.8) is 0 Å². The normalized spacial score (nSPS) is 10.5. The van der Waals surface area contributed by atoms with Gasteiger partial charge in [0.2, 0.25) is 0 Å². The molecule has 100 valence electrons. The summed E-state index contributed by atoms with van der Waals surface area (Å²) in [7, 11) is 2.04. The van der Waals surface area contributed by atoms with Crippen molar-refractivity contribution in [2.45, 2.75) is 11.9 Å². The fraction of sp³-hybridized carbons (Fsp3) is 0.200. The van der Waals surface area contributed by atoms with E-state index in [0.717, 1.165) is 38.7 Å². The third-order valence-corrected chi connectivity index (χ3v) is 4.29. The Balaban J connectivity index is 2.28. The molecule has 0 atom stereocenters. The molecule has 0 saturated heterocycles. The van der Waals surface area contributed by atoms with E-state index >= 15 is 0 Å². The van der Waals surface area contributed by atoms with Gasteiger partial charge in [0.05, 0.1) is 0 Å². The lowest BCUT2D eigenvalue weighted by atomic mass is 10.1. The molecule has 0 amide bonds. The number of alkyl halides is 1. The standard InChI is InChI=1S/C15H14BrCl2N/c1-19(10-11-5-2-3-6-13(11)17)15-8-4-7-14(18)12(15)9-16/h2-8H,9-10H2,1H3. The molecule has 0 N–H and O–H groups in total. The largest absolute Gasteiger partial charge is 0.370 e. The molecular weight excluding hydrogens is 345 g/mol. The highest BCUT2D eigenvalue weighted by Crippen LogP contribution is 2.30. The van der Waals surface area contributed by atoms with E-state index in [1.807, 2.05) is 43.4 Å². The van der Waals surface area contributed by atoms with Crippen LogP contribution in [-0.4, -0.2) is 7.05 Å². The van der Waals surface area contributed by atoms with Crippen LogP contribution in [0.5, 0.6) is 0 Å². The van der Waals surface area contributed by atoms with E-state index in [1.165, 1.54) is 0 Å². The molecule has 0 radical (unpaired) electrons. The monoisotopic (exact) mass is 357 g/mol. The Hall–Kier alpha value is -0.700. The van der Waals surface area contributed by atoms with Crippen LogP contribution >= 0.6 is 39.1 Å². The molecule has 2 aromatic rings. The maximum atomic E-state index is 6.23. The van der Waals surface area contributed by atoms with E-state index in [4.69, 9.17) is 23.2 Å². The Labute approximate surface area is 132 Å². The number of rotatable bonds is 4. The summed E-state index contributed by atoms with van der Waals surface area (Å²) in [5.74, 6) is 0. The van der Waals surface area contributed by atoms with Gasteiger partial charge >= 0.3 is 0 Å². The minimum Gasteiger partial charge on any atom is -0.370 e. The van der Waals surface area contributed by atoms with E-state index in [-0.39, 0.29) is 0 Å². The van der Waals surface area contributed by atoms with Crippen LogP contribution in [0.15, 0.2) is 42.5 Å². The van der Waals surface area contributed by atoms with Crippen molar-refractivity contribution in [3.05, 3.63) is 63.6 Å². The van der Waals surface area contributed by atoms with Crippen LogP contribution in [0.3, 0.4) is 0 Å². The summed E-state index contributed by atoms with van der Waals surface area (Å²) in [6, 6.07) is 13.8. The van der Waals surface area contributed by atoms with E-state index < -0.39 is 0 Å². The van der Waals surface area contributed by atoms with Crippen LogP contribution < -0.4 is 4.90 Å². The molecule has 4 heteroatoms. The zero-order valence-electron chi connectivity index (χ0n) is 10.5. The summed E-state index contributed by atoms with van der Waals surface area (Å²) in [5, 5.41) is 2.30. The first-order chi connectivity index (χ1) is 9.13. The average Bonchev–Trinajstić information content (AvgIpc) is 2.41. The minimum absolute atomic E-state index is 0.731. The van der Waals surface area contributed by atoms with Crippen molar-refractivity contribution in [1.29, 1.82) is 0 Å². The molecular formula is C15H14BrCl2N. The number of hydrogen-bond donors (Lipinski definition) is 0. The SMILES string of the molecule is CN(Cc1ccccc1Cl)c1cccc(Cl)c1CBr. The molecule has 0 aliphatic rings. The van der Waals surface area contributed by atoms with E-state index in [9.17, 15) is 0 Å². The highest BCUT2D eigenvalue weighted by Gasteiger charge is 2.11. The lowest BCUT2D eigenvalue weighted by Gasteiger charge is -2.23. The summed E-state index contributed by atoms with van der Waals surface area (Å²) in [5.41, 5.74) is 3.31. The number of halogens is 3. The molecule has 0 saturated carbocycles. The number of benzene rings is 2. The van der Waals surface area contributed by atoms with Gasteiger partial charge in [-0.2, -0.15) is 0 Å². The van der Waals surface area contributed by atoms with Gasteiger partial charge in [-0.05, 0) is 23.8 Å². The van der Waals surface area contributed by atoms with Gasteiger partial charge in [0.1, 0.15) is 0 Å². The molecule has 0 heterocycles. The first-order valence-corrected chi connectivity index (χ1v) is 7.79. The topological polar surface area (TPSA) is 3.24 Å². The molecule has 0 bridgehead atoms. The number of nitrogens with zero attached hydrogens (tertiary/aromatic N) is 1. The van der Waals surface area contributed by atoms with Crippen molar-refractivity contribution in [2.24, 2.45) is 0 Å². The second-order valence-electron chi connectivity index (χ2n) is 4.32. The van der Waals surface area contributed by atoms with Gasteiger partial charge in [-0.1, -0.05) is 63.4 Å². The summed E-state index contributed by atoms with van der Waals surface area (Å²) < 4.78 is 0. The van der Waals surface area contributed by atoms with Crippen molar-refractivity contribution < 1.29 is 0 Å². The Morgan fingerprint density at radius 2 is 1.68 bits per heavy atom.